The van der Waals surface area contributed by atoms with E-state index in [0.29, 0.717) is 0 Å². The lowest BCUT2D eigenvalue weighted by Crippen LogP contribution is -2.31. The fourth-order valence-electron chi connectivity index (χ4n) is 2.56. The lowest BCUT2D eigenvalue weighted by Gasteiger charge is -2.32. The van der Waals surface area contributed by atoms with Gasteiger partial charge in [0.25, 0.3) is 0 Å². The zero-order chi connectivity index (χ0) is 14.1. The molecule has 2 aromatic rings. The Morgan fingerprint density at radius 3 is 2.50 bits per heavy atom. The molecule has 2 N–H and O–H groups in total. The predicted octanol–water partition coefficient (Wildman–Crippen LogP) is 4.32. The number of hydrogen-bond acceptors (Lipinski definition) is 2. The van der Waals surface area contributed by atoms with E-state index in [1.165, 1.54) is 11.1 Å². The van der Waals surface area contributed by atoms with Gasteiger partial charge in [0.2, 0.25) is 0 Å². The molecule has 1 aliphatic heterocycles. The van der Waals surface area contributed by atoms with Crippen LogP contribution in [0.2, 0.25) is 0 Å². The Balaban J connectivity index is 1.99. The van der Waals surface area contributed by atoms with Crippen LogP contribution in [0.4, 0.5) is 5.69 Å². The van der Waals surface area contributed by atoms with Gasteiger partial charge in [0.15, 0.2) is 0 Å². The minimum Gasteiger partial charge on any atom is -0.362 e. The molecule has 0 saturated carbocycles. The van der Waals surface area contributed by atoms with Gasteiger partial charge in [-0.2, -0.15) is 0 Å². The van der Waals surface area contributed by atoms with Crippen molar-refractivity contribution in [1.29, 1.82) is 0 Å². The fourth-order valence-corrected chi connectivity index (χ4v) is 2.56. The molecule has 1 aliphatic rings. The maximum Gasteiger partial charge on any atom is 0.123 e. The first-order valence-electron chi connectivity index (χ1n) is 6.73. The average molecular weight is 262 g/mol. The molecule has 0 aliphatic carbocycles. The van der Waals surface area contributed by atoms with Crippen molar-refractivity contribution in [3.63, 3.8) is 0 Å². The second-order valence-corrected chi connectivity index (χ2v) is 5.08. The second-order valence-electron chi connectivity index (χ2n) is 5.08. The fraction of sp³-hybridized carbons (Fsp3) is 0.111. The van der Waals surface area contributed by atoms with Gasteiger partial charge in [-0.3, -0.25) is 0 Å². The van der Waals surface area contributed by atoms with Crippen molar-refractivity contribution in [2.75, 3.05) is 5.32 Å². The number of rotatable bonds is 2. The Morgan fingerprint density at radius 2 is 1.80 bits per heavy atom. The molecule has 3 rings (SSSR count). The van der Waals surface area contributed by atoms with Gasteiger partial charge in [0, 0.05) is 16.9 Å². The second kappa shape index (κ2) is 4.89. The van der Waals surface area contributed by atoms with Crippen LogP contribution in [0.1, 0.15) is 28.4 Å². The van der Waals surface area contributed by atoms with Crippen molar-refractivity contribution in [3.8, 4) is 0 Å². The van der Waals surface area contributed by atoms with Crippen molar-refractivity contribution < 1.29 is 0 Å². The molecule has 0 saturated heterocycles. The Hall–Kier alpha value is -2.48. The van der Waals surface area contributed by atoms with Crippen LogP contribution in [0.25, 0.3) is 11.8 Å². The molecule has 1 heterocycles. The Labute approximate surface area is 119 Å². The highest BCUT2D eigenvalue weighted by Crippen LogP contribution is 2.34. The average Bonchev–Trinajstić information content (AvgIpc) is 2.47. The summed E-state index contributed by atoms with van der Waals surface area (Å²) in [5.74, 6) is 0. The molecule has 100 valence electrons. The lowest BCUT2D eigenvalue weighted by molar-refractivity contribution is 0.703. The molecule has 0 radical (unpaired) electrons. The molecule has 2 nitrogen and oxygen atoms in total. The molecule has 1 atom stereocenters. The monoisotopic (exact) mass is 262 g/mol. The largest absolute Gasteiger partial charge is 0.362 e. The third-order valence-electron chi connectivity index (χ3n) is 3.65. The van der Waals surface area contributed by atoms with E-state index in [1.54, 1.807) is 0 Å². The van der Waals surface area contributed by atoms with E-state index in [-0.39, 0.29) is 6.17 Å². The third-order valence-corrected chi connectivity index (χ3v) is 3.65. The van der Waals surface area contributed by atoms with E-state index in [4.69, 9.17) is 0 Å². The van der Waals surface area contributed by atoms with Crippen molar-refractivity contribution in [2.24, 2.45) is 0 Å². The summed E-state index contributed by atoms with van der Waals surface area (Å²) in [6.45, 7) is 10.1. The summed E-state index contributed by atoms with van der Waals surface area (Å²) in [5, 5.41) is 6.95. The molecular weight excluding hydrogens is 244 g/mol. The van der Waals surface area contributed by atoms with Gasteiger partial charge < -0.3 is 10.6 Å². The number of benzene rings is 2. The van der Waals surface area contributed by atoms with Crippen LogP contribution < -0.4 is 10.6 Å². The summed E-state index contributed by atoms with van der Waals surface area (Å²) in [7, 11) is 0. The Bertz CT molecular complexity index is 668. The van der Waals surface area contributed by atoms with Crippen LogP contribution >= 0.6 is 0 Å². The van der Waals surface area contributed by atoms with Crippen molar-refractivity contribution in [1.82, 2.24) is 5.32 Å². The molecule has 2 heteroatoms. The minimum atomic E-state index is 0.0515. The number of aryl methyl sites for hydroxylation is 1. The highest BCUT2D eigenvalue weighted by molar-refractivity contribution is 5.83. The standard InChI is InChI=1S/C18H18N2/c1-4-14-6-5-7-16-17(14)13(3)19-18(20-16)15-10-8-12(2)9-11-15/h4-11,18-20H,1,3H2,2H3. The smallest absolute Gasteiger partial charge is 0.123 e. The SMILES string of the molecule is C=Cc1cccc2c1C(=C)NC(c1ccc(C)cc1)N2. The van der Waals surface area contributed by atoms with Gasteiger partial charge >= 0.3 is 0 Å². The quantitative estimate of drug-likeness (QED) is 0.842. The van der Waals surface area contributed by atoms with Gasteiger partial charge in [0.05, 0.1) is 0 Å². The number of nitrogens with one attached hydrogen (secondary N) is 2. The Kier molecular flexibility index (Phi) is 3.07. The normalized spacial score (nSPS) is 16.9. The van der Waals surface area contributed by atoms with Crippen molar-refractivity contribution in [2.45, 2.75) is 13.1 Å². The third kappa shape index (κ3) is 2.10. The van der Waals surface area contributed by atoms with E-state index < -0.39 is 0 Å². The first kappa shape index (κ1) is 12.5. The number of hydrogen-bond donors (Lipinski definition) is 2. The van der Waals surface area contributed by atoms with E-state index >= 15 is 0 Å². The number of fused-ring (bicyclic) bond motifs is 1. The molecule has 0 spiro atoms. The topological polar surface area (TPSA) is 24.1 Å². The van der Waals surface area contributed by atoms with Gasteiger partial charge in [-0.1, -0.05) is 61.2 Å². The molecule has 0 aromatic heterocycles. The highest BCUT2D eigenvalue weighted by Gasteiger charge is 2.22. The van der Waals surface area contributed by atoms with Crippen molar-refractivity contribution in [3.05, 3.63) is 77.9 Å². The van der Waals surface area contributed by atoms with E-state index in [9.17, 15) is 0 Å². The summed E-state index contributed by atoms with van der Waals surface area (Å²) in [6, 6.07) is 14.7. The molecule has 0 bridgehead atoms. The lowest BCUT2D eigenvalue weighted by atomic mass is 9.98. The zero-order valence-corrected chi connectivity index (χ0v) is 11.6. The predicted molar refractivity (Wildman–Crippen MR) is 86.2 cm³/mol. The Morgan fingerprint density at radius 1 is 1.05 bits per heavy atom. The molecule has 1 unspecified atom stereocenters. The van der Waals surface area contributed by atoms with Crippen LogP contribution in [0.5, 0.6) is 0 Å². The first-order valence-corrected chi connectivity index (χ1v) is 6.73. The van der Waals surface area contributed by atoms with Gasteiger partial charge in [-0.15, -0.1) is 0 Å². The molecule has 0 amide bonds. The van der Waals surface area contributed by atoms with Crippen LogP contribution in [-0.2, 0) is 0 Å². The molecule has 20 heavy (non-hydrogen) atoms. The molecule has 2 aromatic carbocycles. The molecular formula is C18H18N2. The highest BCUT2D eigenvalue weighted by atomic mass is 15.2. The summed E-state index contributed by atoms with van der Waals surface area (Å²) in [4.78, 5) is 0. The van der Waals surface area contributed by atoms with Crippen molar-refractivity contribution >= 4 is 17.5 Å². The van der Waals surface area contributed by atoms with Crippen LogP contribution in [0.15, 0.2) is 55.6 Å². The van der Waals surface area contributed by atoms with Gasteiger partial charge in [0.1, 0.15) is 6.17 Å². The summed E-state index contributed by atoms with van der Waals surface area (Å²) in [6.07, 6.45) is 1.91. The van der Waals surface area contributed by atoms with E-state index in [2.05, 4.69) is 61.0 Å². The van der Waals surface area contributed by atoms with Gasteiger partial charge in [-0.05, 0) is 24.1 Å². The van der Waals surface area contributed by atoms with Crippen LogP contribution in [0, 0.1) is 6.92 Å². The maximum absolute atomic E-state index is 4.16. The van der Waals surface area contributed by atoms with E-state index in [0.717, 1.165) is 22.5 Å². The first-order chi connectivity index (χ1) is 9.69. The summed E-state index contributed by atoms with van der Waals surface area (Å²) < 4.78 is 0. The zero-order valence-electron chi connectivity index (χ0n) is 11.6. The van der Waals surface area contributed by atoms with Crippen LogP contribution in [0.3, 0.4) is 0 Å². The summed E-state index contributed by atoms with van der Waals surface area (Å²) >= 11 is 0. The number of anilines is 1. The van der Waals surface area contributed by atoms with E-state index in [1.807, 2.05) is 18.2 Å². The van der Waals surface area contributed by atoms with Gasteiger partial charge in [-0.25, -0.2) is 0 Å². The maximum atomic E-state index is 4.16. The summed E-state index contributed by atoms with van der Waals surface area (Å²) in [5.41, 5.74) is 6.68. The minimum absolute atomic E-state index is 0.0515. The van der Waals surface area contributed by atoms with Crippen LogP contribution in [-0.4, -0.2) is 0 Å². The molecule has 0 fully saturated rings.